The van der Waals surface area contributed by atoms with Gasteiger partial charge in [-0.2, -0.15) is 0 Å². The predicted molar refractivity (Wildman–Crippen MR) is 80.2 cm³/mol. The summed E-state index contributed by atoms with van der Waals surface area (Å²) in [6, 6.07) is 7.72. The highest BCUT2D eigenvalue weighted by atomic mass is 16.5. The summed E-state index contributed by atoms with van der Waals surface area (Å²) in [6.07, 6.45) is 2.30. The number of hydrogen-bond acceptors (Lipinski definition) is 3. The van der Waals surface area contributed by atoms with Crippen molar-refractivity contribution in [2.75, 3.05) is 20.1 Å². The fraction of sp³-hybridized carbons (Fsp3) is 0.562. The van der Waals surface area contributed by atoms with Crippen molar-refractivity contribution in [2.45, 2.75) is 38.8 Å². The van der Waals surface area contributed by atoms with Gasteiger partial charge in [0.2, 0.25) is 0 Å². The van der Waals surface area contributed by atoms with Gasteiger partial charge in [-0.3, -0.25) is 4.79 Å². The van der Waals surface area contributed by atoms with E-state index in [4.69, 9.17) is 4.74 Å². The van der Waals surface area contributed by atoms with E-state index in [2.05, 4.69) is 5.32 Å². The number of benzene rings is 1. The third-order valence-electron chi connectivity index (χ3n) is 3.59. The van der Waals surface area contributed by atoms with Gasteiger partial charge in [-0.1, -0.05) is 6.07 Å². The van der Waals surface area contributed by atoms with Crippen molar-refractivity contribution in [1.29, 1.82) is 0 Å². The van der Waals surface area contributed by atoms with Gasteiger partial charge in [0.15, 0.2) is 0 Å². The number of ether oxygens (including phenoxy) is 1. The first kappa shape index (κ1) is 14.9. The Kier molecular flexibility index (Phi) is 5.01. The molecule has 1 atom stereocenters. The lowest BCUT2D eigenvalue weighted by atomic mass is 10.1. The zero-order valence-electron chi connectivity index (χ0n) is 12.6. The maximum absolute atomic E-state index is 12.5. The average Bonchev–Trinajstić information content (AvgIpc) is 2.46. The van der Waals surface area contributed by atoms with Gasteiger partial charge >= 0.3 is 0 Å². The summed E-state index contributed by atoms with van der Waals surface area (Å²) in [5, 5.41) is 3.34. The fourth-order valence-corrected chi connectivity index (χ4v) is 2.51. The molecule has 0 saturated carbocycles. The number of rotatable bonds is 4. The molecule has 1 heterocycles. The minimum atomic E-state index is 0.0629. The van der Waals surface area contributed by atoms with Gasteiger partial charge in [0.1, 0.15) is 5.75 Å². The normalized spacial score (nSPS) is 18.9. The lowest BCUT2D eigenvalue weighted by Crippen LogP contribution is -2.46. The SMILES string of the molecule is CC(C)Oc1cccc(C(=O)N(C)[C@@H]2CCCNC2)c1. The molecule has 2 rings (SSSR count). The Bertz CT molecular complexity index is 454. The topological polar surface area (TPSA) is 41.6 Å². The summed E-state index contributed by atoms with van der Waals surface area (Å²) in [4.78, 5) is 14.4. The van der Waals surface area contributed by atoms with E-state index in [1.807, 2.05) is 50.1 Å². The van der Waals surface area contributed by atoms with Crippen LogP contribution in [-0.2, 0) is 0 Å². The highest BCUT2D eigenvalue weighted by molar-refractivity contribution is 5.94. The number of carbonyl (C=O) groups is 1. The number of carbonyl (C=O) groups excluding carboxylic acids is 1. The van der Waals surface area contributed by atoms with E-state index in [0.717, 1.165) is 31.7 Å². The van der Waals surface area contributed by atoms with E-state index in [1.165, 1.54) is 0 Å². The Morgan fingerprint density at radius 2 is 2.25 bits per heavy atom. The summed E-state index contributed by atoms with van der Waals surface area (Å²) in [6.45, 7) is 5.89. The van der Waals surface area contributed by atoms with Gasteiger partial charge in [0, 0.05) is 25.2 Å². The van der Waals surface area contributed by atoms with Crippen LogP contribution in [0.5, 0.6) is 5.75 Å². The lowest BCUT2D eigenvalue weighted by molar-refractivity contribution is 0.0707. The van der Waals surface area contributed by atoms with Crippen LogP contribution in [-0.4, -0.2) is 43.1 Å². The molecule has 110 valence electrons. The molecule has 0 radical (unpaired) electrons. The molecule has 4 nitrogen and oxygen atoms in total. The van der Waals surface area contributed by atoms with E-state index < -0.39 is 0 Å². The molecular weight excluding hydrogens is 252 g/mol. The van der Waals surface area contributed by atoms with Gasteiger partial charge in [-0.05, 0) is 51.4 Å². The predicted octanol–water partition coefficient (Wildman–Crippen LogP) is 2.30. The monoisotopic (exact) mass is 276 g/mol. The second-order valence-electron chi connectivity index (χ2n) is 5.61. The lowest BCUT2D eigenvalue weighted by Gasteiger charge is -2.31. The van der Waals surface area contributed by atoms with Crippen molar-refractivity contribution >= 4 is 5.91 Å². The van der Waals surface area contributed by atoms with Crippen molar-refractivity contribution in [3.05, 3.63) is 29.8 Å². The number of piperidine rings is 1. The van der Waals surface area contributed by atoms with Crippen LogP contribution >= 0.6 is 0 Å². The maximum Gasteiger partial charge on any atom is 0.254 e. The molecule has 1 N–H and O–H groups in total. The van der Waals surface area contributed by atoms with Crippen molar-refractivity contribution < 1.29 is 9.53 Å². The standard InChI is InChI=1S/C16H24N2O2/c1-12(2)20-15-8-4-6-13(10-15)16(19)18(3)14-7-5-9-17-11-14/h4,6,8,10,12,14,17H,5,7,9,11H2,1-3H3/t14-/m1/s1. The molecule has 4 heteroatoms. The zero-order chi connectivity index (χ0) is 14.5. The second kappa shape index (κ2) is 6.75. The molecule has 1 saturated heterocycles. The van der Waals surface area contributed by atoms with Crippen molar-refractivity contribution in [3.8, 4) is 5.75 Å². The van der Waals surface area contributed by atoms with E-state index in [0.29, 0.717) is 5.56 Å². The van der Waals surface area contributed by atoms with E-state index in [9.17, 15) is 4.79 Å². The number of hydrogen-bond donors (Lipinski definition) is 1. The van der Waals surface area contributed by atoms with Gasteiger partial charge < -0.3 is 15.0 Å². The molecule has 0 aliphatic carbocycles. The summed E-state index contributed by atoms with van der Waals surface area (Å²) in [7, 11) is 1.88. The molecule has 1 aromatic rings. The van der Waals surface area contributed by atoms with Gasteiger partial charge in [-0.15, -0.1) is 0 Å². The van der Waals surface area contributed by atoms with Crippen molar-refractivity contribution in [1.82, 2.24) is 10.2 Å². The van der Waals surface area contributed by atoms with Crippen LogP contribution < -0.4 is 10.1 Å². The Labute approximate surface area is 121 Å². The van der Waals surface area contributed by atoms with Crippen molar-refractivity contribution in [3.63, 3.8) is 0 Å². The average molecular weight is 276 g/mol. The first-order valence-corrected chi connectivity index (χ1v) is 7.32. The minimum absolute atomic E-state index is 0.0629. The Hall–Kier alpha value is -1.55. The quantitative estimate of drug-likeness (QED) is 0.917. The third-order valence-corrected chi connectivity index (χ3v) is 3.59. The molecule has 1 aromatic carbocycles. The number of nitrogens with zero attached hydrogens (tertiary/aromatic N) is 1. The Balaban J connectivity index is 2.07. The van der Waals surface area contributed by atoms with Crippen LogP contribution in [0.3, 0.4) is 0 Å². The maximum atomic E-state index is 12.5. The molecule has 1 fully saturated rings. The summed E-state index contributed by atoms with van der Waals surface area (Å²) < 4.78 is 5.65. The van der Waals surface area contributed by atoms with E-state index in [-0.39, 0.29) is 18.1 Å². The van der Waals surface area contributed by atoms with Crippen LogP contribution in [0, 0.1) is 0 Å². The van der Waals surface area contributed by atoms with Gasteiger partial charge in [0.05, 0.1) is 6.10 Å². The van der Waals surface area contributed by atoms with Crippen LogP contribution in [0.2, 0.25) is 0 Å². The third kappa shape index (κ3) is 3.73. The molecule has 0 aromatic heterocycles. The number of nitrogens with one attached hydrogen (secondary N) is 1. The van der Waals surface area contributed by atoms with E-state index >= 15 is 0 Å². The van der Waals surface area contributed by atoms with Crippen molar-refractivity contribution in [2.24, 2.45) is 0 Å². The molecule has 0 unspecified atom stereocenters. The zero-order valence-corrected chi connectivity index (χ0v) is 12.6. The summed E-state index contributed by atoms with van der Waals surface area (Å²) in [5.41, 5.74) is 0.691. The second-order valence-corrected chi connectivity index (χ2v) is 5.61. The molecule has 1 aliphatic rings. The van der Waals surface area contributed by atoms with E-state index in [1.54, 1.807) is 0 Å². The number of likely N-dealkylation sites (N-methyl/N-ethyl adjacent to an activating group) is 1. The first-order valence-electron chi connectivity index (χ1n) is 7.32. The van der Waals surface area contributed by atoms with Gasteiger partial charge in [-0.25, -0.2) is 0 Å². The Morgan fingerprint density at radius 3 is 2.90 bits per heavy atom. The molecule has 0 bridgehead atoms. The summed E-state index contributed by atoms with van der Waals surface area (Å²) in [5.74, 6) is 0.814. The largest absolute Gasteiger partial charge is 0.491 e. The minimum Gasteiger partial charge on any atom is -0.491 e. The highest BCUT2D eigenvalue weighted by Gasteiger charge is 2.23. The first-order chi connectivity index (χ1) is 9.58. The highest BCUT2D eigenvalue weighted by Crippen LogP contribution is 2.18. The smallest absolute Gasteiger partial charge is 0.254 e. The number of amides is 1. The molecular formula is C16H24N2O2. The van der Waals surface area contributed by atoms with Crippen LogP contribution in [0.1, 0.15) is 37.0 Å². The van der Waals surface area contributed by atoms with Crippen LogP contribution in [0.25, 0.3) is 0 Å². The van der Waals surface area contributed by atoms with Crippen LogP contribution in [0.15, 0.2) is 24.3 Å². The molecule has 20 heavy (non-hydrogen) atoms. The Morgan fingerprint density at radius 1 is 1.45 bits per heavy atom. The molecule has 0 spiro atoms. The summed E-state index contributed by atoms with van der Waals surface area (Å²) >= 11 is 0. The van der Waals surface area contributed by atoms with Crippen LogP contribution in [0.4, 0.5) is 0 Å². The fourth-order valence-electron chi connectivity index (χ4n) is 2.51. The van der Waals surface area contributed by atoms with Gasteiger partial charge in [0.25, 0.3) is 5.91 Å². The molecule has 1 amide bonds. The molecule has 1 aliphatic heterocycles.